The molecule has 0 bridgehead atoms. The first-order valence-electron chi connectivity index (χ1n) is 9.46. The summed E-state index contributed by atoms with van der Waals surface area (Å²) in [6, 6.07) is 5.96. The summed E-state index contributed by atoms with van der Waals surface area (Å²) in [5.74, 6) is 1.26. The fraction of sp³-hybridized carbons (Fsp3) is 0.684. The van der Waals surface area contributed by atoms with Crippen molar-refractivity contribution in [3.8, 4) is 0 Å². The van der Waals surface area contributed by atoms with Crippen LogP contribution in [-0.4, -0.2) is 79.7 Å². The molecule has 0 radical (unpaired) electrons. The van der Waals surface area contributed by atoms with E-state index in [9.17, 15) is 4.79 Å². The molecule has 0 aliphatic carbocycles. The van der Waals surface area contributed by atoms with E-state index < -0.39 is 0 Å². The lowest BCUT2D eigenvalue weighted by molar-refractivity contribution is -0.131. The zero-order chi connectivity index (χ0) is 17.5. The second kappa shape index (κ2) is 9.15. The van der Waals surface area contributed by atoms with Crippen LogP contribution in [-0.2, 0) is 9.53 Å². The van der Waals surface area contributed by atoms with Crippen molar-refractivity contribution < 1.29 is 9.53 Å². The molecule has 2 aliphatic heterocycles. The predicted molar refractivity (Wildman–Crippen MR) is 98.7 cm³/mol. The molecule has 0 aromatic carbocycles. The van der Waals surface area contributed by atoms with E-state index >= 15 is 0 Å². The average molecular weight is 346 g/mol. The van der Waals surface area contributed by atoms with Crippen LogP contribution in [0.1, 0.15) is 25.7 Å². The SMILES string of the molecule is CN(CCC(=O)N1CCN(c2ccccn2)CC1)CC1CCCCO1. The number of hydrogen-bond donors (Lipinski definition) is 0. The number of piperazine rings is 1. The third-order valence-electron chi connectivity index (χ3n) is 5.10. The highest BCUT2D eigenvalue weighted by Crippen LogP contribution is 2.15. The lowest BCUT2D eigenvalue weighted by Gasteiger charge is -2.35. The van der Waals surface area contributed by atoms with Gasteiger partial charge in [0.25, 0.3) is 0 Å². The van der Waals surface area contributed by atoms with Crippen LogP contribution >= 0.6 is 0 Å². The summed E-state index contributed by atoms with van der Waals surface area (Å²) in [7, 11) is 2.09. The monoisotopic (exact) mass is 346 g/mol. The van der Waals surface area contributed by atoms with Gasteiger partial charge in [-0.2, -0.15) is 0 Å². The molecule has 2 fully saturated rings. The second-order valence-electron chi connectivity index (χ2n) is 7.06. The zero-order valence-electron chi connectivity index (χ0n) is 15.3. The fourth-order valence-corrected chi connectivity index (χ4v) is 3.56. The Hall–Kier alpha value is -1.66. The smallest absolute Gasteiger partial charge is 0.223 e. The quantitative estimate of drug-likeness (QED) is 0.783. The van der Waals surface area contributed by atoms with E-state index in [4.69, 9.17) is 4.74 Å². The maximum absolute atomic E-state index is 12.5. The van der Waals surface area contributed by atoms with Crippen LogP contribution in [0, 0.1) is 0 Å². The van der Waals surface area contributed by atoms with Gasteiger partial charge in [0.1, 0.15) is 5.82 Å². The summed E-state index contributed by atoms with van der Waals surface area (Å²) in [4.78, 5) is 23.3. The Morgan fingerprint density at radius 2 is 2.12 bits per heavy atom. The number of anilines is 1. The van der Waals surface area contributed by atoms with Gasteiger partial charge in [-0.15, -0.1) is 0 Å². The summed E-state index contributed by atoms with van der Waals surface area (Å²) in [6.07, 6.45) is 6.34. The first kappa shape index (κ1) is 18.1. The normalized spacial score (nSPS) is 21.6. The van der Waals surface area contributed by atoms with Gasteiger partial charge >= 0.3 is 0 Å². The highest BCUT2D eigenvalue weighted by atomic mass is 16.5. The maximum atomic E-state index is 12.5. The minimum atomic E-state index is 0.261. The number of pyridine rings is 1. The van der Waals surface area contributed by atoms with Crippen molar-refractivity contribution in [2.75, 3.05) is 57.8 Å². The van der Waals surface area contributed by atoms with E-state index in [1.165, 1.54) is 12.8 Å². The number of likely N-dealkylation sites (N-methyl/N-ethyl adjacent to an activating group) is 1. The van der Waals surface area contributed by atoms with Crippen molar-refractivity contribution in [2.24, 2.45) is 0 Å². The molecule has 1 unspecified atom stereocenters. The largest absolute Gasteiger partial charge is 0.377 e. The van der Waals surface area contributed by atoms with Gasteiger partial charge in [-0.1, -0.05) is 6.07 Å². The van der Waals surface area contributed by atoms with Crippen LogP contribution < -0.4 is 4.90 Å². The fourth-order valence-electron chi connectivity index (χ4n) is 3.56. The molecule has 1 aromatic rings. The molecule has 2 saturated heterocycles. The van der Waals surface area contributed by atoms with Crippen LogP contribution in [0.25, 0.3) is 0 Å². The second-order valence-corrected chi connectivity index (χ2v) is 7.06. The van der Waals surface area contributed by atoms with Gasteiger partial charge in [-0.05, 0) is 38.4 Å². The number of hydrogen-bond acceptors (Lipinski definition) is 5. The summed E-state index contributed by atoms with van der Waals surface area (Å²) in [5.41, 5.74) is 0. The topological polar surface area (TPSA) is 48.9 Å². The van der Waals surface area contributed by atoms with Crippen molar-refractivity contribution in [1.29, 1.82) is 0 Å². The van der Waals surface area contributed by atoms with E-state index in [1.54, 1.807) is 0 Å². The molecule has 0 N–H and O–H groups in total. The number of rotatable bonds is 6. The lowest BCUT2D eigenvalue weighted by Crippen LogP contribution is -2.49. The molecule has 1 atom stereocenters. The van der Waals surface area contributed by atoms with Gasteiger partial charge in [-0.25, -0.2) is 4.98 Å². The minimum Gasteiger partial charge on any atom is -0.377 e. The van der Waals surface area contributed by atoms with Crippen LogP contribution in [0.4, 0.5) is 5.82 Å². The molecule has 3 rings (SSSR count). The molecule has 3 heterocycles. The molecule has 2 aliphatic rings. The molecule has 0 spiro atoms. The van der Waals surface area contributed by atoms with E-state index in [0.717, 1.165) is 58.1 Å². The Labute approximate surface area is 150 Å². The molecular weight excluding hydrogens is 316 g/mol. The first-order chi connectivity index (χ1) is 12.2. The number of carbonyl (C=O) groups is 1. The maximum Gasteiger partial charge on any atom is 0.223 e. The van der Waals surface area contributed by atoms with E-state index in [0.29, 0.717) is 12.5 Å². The van der Waals surface area contributed by atoms with Gasteiger partial charge in [-0.3, -0.25) is 4.79 Å². The summed E-state index contributed by atoms with van der Waals surface area (Å²) < 4.78 is 5.78. The zero-order valence-corrected chi connectivity index (χ0v) is 15.3. The number of amides is 1. The van der Waals surface area contributed by atoms with Crippen LogP contribution in [0.15, 0.2) is 24.4 Å². The number of carbonyl (C=O) groups excluding carboxylic acids is 1. The molecule has 1 amide bonds. The summed E-state index contributed by atoms with van der Waals surface area (Å²) >= 11 is 0. The average Bonchev–Trinajstić information content (AvgIpc) is 2.68. The number of nitrogens with zero attached hydrogens (tertiary/aromatic N) is 4. The molecular formula is C19H30N4O2. The molecule has 6 nitrogen and oxygen atoms in total. The van der Waals surface area contributed by atoms with Gasteiger partial charge in [0.2, 0.25) is 5.91 Å². The molecule has 0 saturated carbocycles. The van der Waals surface area contributed by atoms with Crippen molar-refractivity contribution in [3.05, 3.63) is 24.4 Å². The number of ether oxygens (including phenoxy) is 1. The van der Waals surface area contributed by atoms with Crippen molar-refractivity contribution in [2.45, 2.75) is 31.8 Å². The minimum absolute atomic E-state index is 0.261. The predicted octanol–water partition coefficient (Wildman–Crippen LogP) is 1.62. The number of aromatic nitrogens is 1. The van der Waals surface area contributed by atoms with E-state index in [1.807, 2.05) is 29.3 Å². The van der Waals surface area contributed by atoms with Crippen molar-refractivity contribution in [3.63, 3.8) is 0 Å². The molecule has 1 aromatic heterocycles. The summed E-state index contributed by atoms with van der Waals surface area (Å²) in [6.45, 7) is 5.90. The highest BCUT2D eigenvalue weighted by Gasteiger charge is 2.22. The first-order valence-corrected chi connectivity index (χ1v) is 9.46. The van der Waals surface area contributed by atoms with Crippen LogP contribution in [0.3, 0.4) is 0 Å². The van der Waals surface area contributed by atoms with Gasteiger partial charge in [0, 0.05) is 58.5 Å². The van der Waals surface area contributed by atoms with Crippen molar-refractivity contribution >= 4 is 11.7 Å². The Morgan fingerprint density at radius 3 is 2.80 bits per heavy atom. The van der Waals surface area contributed by atoms with E-state index in [-0.39, 0.29) is 5.91 Å². The Morgan fingerprint density at radius 1 is 1.28 bits per heavy atom. The molecule has 6 heteroatoms. The Kier molecular flexibility index (Phi) is 6.64. The summed E-state index contributed by atoms with van der Waals surface area (Å²) in [5, 5.41) is 0. The van der Waals surface area contributed by atoms with Gasteiger partial charge in [0.05, 0.1) is 6.10 Å². The van der Waals surface area contributed by atoms with E-state index in [2.05, 4.69) is 21.8 Å². The van der Waals surface area contributed by atoms with Gasteiger partial charge in [0.15, 0.2) is 0 Å². The molecule has 25 heavy (non-hydrogen) atoms. The molecule has 138 valence electrons. The van der Waals surface area contributed by atoms with Gasteiger partial charge < -0.3 is 19.4 Å². The van der Waals surface area contributed by atoms with Crippen LogP contribution in [0.5, 0.6) is 0 Å². The Bertz CT molecular complexity index is 525. The standard InChI is InChI=1S/C19H30N4O2/c1-21(16-17-6-3-5-15-25-17)10-8-19(24)23-13-11-22(12-14-23)18-7-2-4-9-20-18/h2,4,7,9,17H,3,5-6,8,10-16H2,1H3. The lowest BCUT2D eigenvalue weighted by atomic mass is 10.1. The third-order valence-corrected chi connectivity index (χ3v) is 5.10. The Balaban J connectivity index is 1.36. The highest BCUT2D eigenvalue weighted by molar-refractivity contribution is 5.76. The third kappa shape index (κ3) is 5.41. The van der Waals surface area contributed by atoms with Crippen LogP contribution in [0.2, 0.25) is 0 Å². The van der Waals surface area contributed by atoms with Crippen molar-refractivity contribution in [1.82, 2.24) is 14.8 Å².